The monoisotopic (exact) mass is 519 g/mol. The van der Waals surface area contributed by atoms with Gasteiger partial charge in [0.05, 0.1) is 24.3 Å². The molecule has 0 saturated heterocycles. The van der Waals surface area contributed by atoms with Gasteiger partial charge >= 0.3 is 0 Å². The van der Waals surface area contributed by atoms with E-state index in [-0.39, 0.29) is 41.9 Å². The van der Waals surface area contributed by atoms with E-state index in [0.29, 0.717) is 0 Å². The molecule has 16 nitrogen and oxygen atoms in total. The van der Waals surface area contributed by atoms with Gasteiger partial charge in [0.25, 0.3) is 20.8 Å². The largest absolute Gasteiger partial charge is 0.485 e. The fourth-order valence-corrected chi connectivity index (χ4v) is 4.13. The zero-order chi connectivity index (χ0) is 27.3. The van der Waals surface area contributed by atoms with Gasteiger partial charge in [-0.05, 0) is 56.5 Å². The summed E-state index contributed by atoms with van der Waals surface area (Å²) in [6.45, 7) is 2.75. The molecule has 196 valence electrons. The maximum Gasteiger partial charge on any atom is 0.295 e. The Morgan fingerprint density at radius 3 is 2.46 bits per heavy atom. The van der Waals surface area contributed by atoms with Crippen molar-refractivity contribution in [2.45, 2.75) is 50.5 Å². The Morgan fingerprint density at radius 1 is 1.14 bits per heavy atom. The van der Waals surface area contributed by atoms with Crippen LogP contribution >= 0.6 is 0 Å². The predicted octanol–water partition coefficient (Wildman–Crippen LogP) is 2.30. The third kappa shape index (κ3) is 6.20. The summed E-state index contributed by atoms with van der Waals surface area (Å²) in [5.74, 6) is 0.286. The summed E-state index contributed by atoms with van der Waals surface area (Å²) in [7, 11) is 0. The average Bonchev–Trinajstić information content (AvgIpc) is 2.81. The lowest BCUT2D eigenvalue weighted by Gasteiger charge is -2.43. The molecule has 16 heteroatoms. The van der Waals surface area contributed by atoms with Crippen LogP contribution in [0.4, 0.5) is 0 Å². The quantitative estimate of drug-likeness (QED) is 0.238. The maximum atomic E-state index is 13.2. The normalized spacial score (nSPS) is 18.3. The maximum absolute atomic E-state index is 13.2. The highest BCUT2D eigenvalue weighted by Crippen LogP contribution is 2.43. The number of nitriles is 1. The Hall–Kier alpha value is -4.94. The fraction of sp³-hybridized carbons (Fsp3) is 0.429. The topological polar surface area (TPSA) is 212 Å². The summed E-state index contributed by atoms with van der Waals surface area (Å²) in [5.41, 5.74) is -1.39. The van der Waals surface area contributed by atoms with Crippen LogP contribution in [0.1, 0.15) is 55.5 Å². The third-order valence-electron chi connectivity index (χ3n) is 5.67. The van der Waals surface area contributed by atoms with Crippen LogP contribution in [0.15, 0.2) is 41.3 Å². The number of hydrogen-bond donors (Lipinski definition) is 0. The second-order valence-corrected chi connectivity index (χ2v) is 8.49. The first-order valence-electron chi connectivity index (χ1n) is 10.8. The van der Waals surface area contributed by atoms with Gasteiger partial charge in [-0.1, -0.05) is 0 Å². The van der Waals surface area contributed by atoms with Crippen molar-refractivity contribution in [1.82, 2.24) is 4.57 Å². The summed E-state index contributed by atoms with van der Waals surface area (Å²) in [6, 6.07) is 7.70. The zero-order valence-corrected chi connectivity index (χ0v) is 19.5. The summed E-state index contributed by atoms with van der Waals surface area (Å²) < 4.78 is 7.03. The van der Waals surface area contributed by atoms with Crippen molar-refractivity contribution in [1.29, 1.82) is 5.26 Å². The van der Waals surface area contributed by atoms with Crippen molar-refractivity contribution in [3.8, 4) is 11.8 Å². The van der Waals surface area contributed by atoms with E-state index < -0.39 is 44.7 Å². The Kier molecular flexibility index (Phi) is 7.76. The fourth-order valence-electron chi connectivity index (χ4n) is 4.13. The van der Waals surface area contributed by atoms with Crippen molar-refractivity contribution in [2.75, 3.05) is 6.61 Å². The van der Waals surface area contributed by atoms with Gasteiger partial charge in [-0.2, -0.15) is 5.26 Å². The molecule has 2 heterocycles. The van der Waals surface area contributed by atoms with Crippen molar-refractivity contribution in [3.63, 3.8) is 0 Å². The molecular formula is C21H21N5O11. The molecule has 0 saturated carbocycles. The summed E-state index contributed by atoms with van der Waals surface area (Å²) >= 11 is 0. The van der Waals surface area contributed by atoms with E-state index in [1.165, 1.54) is 30.5 Å². The van der Waals surface area contributed by atoms with E-state index in [0.717, 1.165) is 10.6 Å². The van der Waals surface area contributed by atoms with Crippen LogP contribution in [0, 0.1) is 41.7 Å². The molecule has 37 heavy (non-hydrogen) atoms. The van der Waals surface area contributed by atoms with Crippen LogP contribution in [0.5, 0.6) is 5.75 Å². The molecule has 0 bridgehead atoms. The van der Waals surface area contributed by atoms with Crippen LogP contribution in [-0.2, 0) is 14.5 Å². The second-order valence-electron chi connectivity index (χ2n) is 8.49. The van der Waals surface area contributed by atoms with Gasteiger partial charge in [0.15, 0.2) is 6.10 Å². The van der Waals surface area contributed by atoms with Crippen molar-refractivity contribution in [2.24, 2.45) is 0 Å². The molecule has 0 fully saturated rings. The van der Waals surface area contributed by atoms with Gasteiger partial charge in [0, 0.05) is 17.8 Å². The highest BCUT2D eigenvalue weighted by atomic mass is 17.0. The molecule has 1 aliphatic rings. The van der Waals surface area contributed by atoms with Crippen LogP contribution in [-0.4, -0.2) is 38.1 Å². The van der Waals surface area contributed by atoms with Gasteiger partial charge in [0.1, 0.15) is 17.5 Å². The van der Waals surface area contributed by atoms with Crippen molar-refractivity contribution >= 4 is 0 Å². The van der Waals surface area contributed by atoms with Gasteiger partial charge in [-0.3, -0.25) is 4.79 Å². The summed E-state index contributed by atoms with van der Waals surface area (Å²) in [4.78, 5) is 59.7. The lowest BCUT2D eigenvalue weighted by atomic mass is 9.85. The summed E-state index contributed by atoms with van der Waals surface area (Å²) in [5, 5.41) is 38.9. The minimum atomic E-state index is -1.32. The van der Waals surface area contributed by atoms with Crippen LogP contribution in [0.25, 0.3) is 0 Å². The number of fused-ring (bicyclic) bond motifs is 1. The van der Waals surface area contributed by atoms with Gasteiger partial charge in [-0.25, -0.2) is 0 Å². The Balaban J connectivity index is 2.05. The molecule has 0 N–H and O–H groups in total. The highest BCUT2D eigenvalue weighted by molar-refractivity contribution is 5.47. The molecule has 0 radical (unpaired) electrons. The average molecular weight is 519 g/mol. The first-order chi connectivity index (χ1) is 17.4. The minimum absolute atomic E-state index is 0.0137. The first kappa shape index (κ1) is 26.7. The molecule has 0 amide bonds. The zero-order valence-electron chi connectivity index (χ0n) is 19.5. The molecular weight excluding hydrogens is 498 g/mol. The Bertz CT molecular complexity index is 1300. The number of rotatable bonds is 11. The number of aromatic nitrogens is 1. The third-order valence-corrected chi connectivity index (χ3v) is 5.67. The van der Waals surface area contributed by atoms with Crippen LogP contribution in [0.3, 0.4) is 0 Å². The predicted molar refractivity (Wildman–Crippen MR) is 120 cm³/mol. The molecule has 2 aromatic rings. The molecule has 3 atom stereocenters. The van der Waals surface area contributed by atoms with E-state index in [1.54, 1.807) is 13.8 Å². The Morgan fingerprint density at radius 2 is 1.86 bits per heavy atom. The number of ether oxygens (including phenoxy) is 1. The van der Waals surface area contributed by atoms with E-state index >= 15 is 0 Å². The number of hydrogen-bond acceptors (Lipinski definition) is 12. The lowest BCUT2D eigenvalue weighted by Crippen LogP contribution is -2.54. The number of nitrogens with zero attached hydrogens (tertiary/aromatic N) is 5. The standard InChI is InChI=1S/C21H21N5O11/c1-21(2)20(37-26(32)33)19(15-10-13(12-22)5-6-17(15)35-21)23-8-7-14(11-18(23)27)16(36-25(30)31)4-3-9-34-24(28)29/h5-8,10-11,16,19-20H,3-4,9H2,1-2H3/t16?,19-,20+/m1/s1. The van der Waals surface area contributed by atoms with Crippen LogP contribution in [0.2, 0.25) is 0 Å². The molecule has 1 unspecified atom stereocenters. The number of pyridine rings is 1. The first-order valence-corrected chi connectivity index (χ1v) is 10.8. The van der Waals surface area contributed by atoms with Gasteiger partial charge in [-0.15, -0.1) is 30.3 Å². The number of benzene rings is 1. The SMILES string of the molecule is CC1(C)Oc2ccc(C#N)cc2[C@@H](n2ccc(C(CCCO[N+](=O)[O-])O[N+](=O)[O-])cc2=O)[C@@H]1O[N+](=O)[O-]. The molecule has 3 rings (SSSR count). The summed E-state index contributed by atoms with van der Waals surface area (Å²) in [6.07, 6.45) is -1.35. The van der Waals surface area contributed by atoms with Crippen molar-refractivity contribution in [3.05, 3.63) is 93.9 Å². The molecule has 1 aromatic heterocycles. The van der Waals surface area contributed by atoms with E-state index in [2.05, 4.69) is 9.68 Å². The van der Waals surface area contributed by atoms with E-state index in [4.69, 9.17) is 9.57 Å². The highest BCUT2D eigenvalue weighted by Gasteiger charge is 2.48. The molecule has 1 aromatic carbocycles. The van der Waals surface area contributed by atoms with E-state index in [1.807, 2.05) is 6.07 Å². The minimum Gasteiger partial charge on any atom is -0.485 e. The second kappa shape index (κ2) is 10.8. The van der Waals surface area contributed by atoms with Gasteiger partial charge < -0.3 is 23.8 Å². The smallest absolute Gasteiger partial charge is 0.295 e. The van der Waals surface area contributed by atoms with Crippen LogP contribution < -0.4 is 10.3 Å². The molecule has 0 spiro atoms. The molecule has 1 aliphatic heterocycles. The van der Waals surface area contributed by atoms with E-state index in [9.17, 15) is 40.4 Å². The lowest BCUT2D eigenvalue weighted by molar-refractivity contribution is -0.773. The Labute approximate surface area is 207 Å². The molecule has 0 aliphatic carbocycles. The van der Waals surface area contributed by atoms with Gasteiger partial charge in [0.2, 0.25) is 0 Å². The van der Waals surface area contributed by atoms with Crippen molar-refractivity contribution < 1.29 is 34.5 Å².